The van der Waals surface area contributed by atoms with Crippen LogP contribution in [0.1, 0.15) is 22.7 Å². The number of fused-ring (bicyclic) bond motifs is 1. The minimum absolute atomic E-state index is 0.00835. The summed E-state index contributed by atoms with van der Waals surface area (Å²) >= 11 is 0. The summed E-state index contributed by atoms with van der Waals surface area (Å²) in [4.78, 5) is 17.7. The molecule has 0 N–H and O–H groups in total. The molecule has 0 aliphatic carbocycles. The highest BCUT2D eigenvalue weighted by atomic mass is 16.2. The first-order chi connectivity index (χ1) is 20.7. The first-order valence-corrected chi connectivity index (χ1v) is 13.7. The number of rotatable bonds is 5. The highest BCUT2D eigenvalue weighted by molar-refractivity contribution is 5.88. The van der Waals surface area contributed by atoms with E-state index in [4.69, 9.17) is 0 Å². The number of hydrogen-bond acceptors (Lipinski definition) is 7. The fourth-order valence-electron chi connectivity index (χ4n) is 5.51. The molecule has 1 amide bonds. The van der Waals surface area contributed by atoms with Crippen molar-refractivity contribution in [2.75, 3.05) is 26.2 Å². The molecule has 1 aliphatic heterocycles. The molecule has 0 spiro atoms. The van der Waals surface area contributed by atoms with Crippen LogP contribution < -0.4 is 0 Å². The second kappa shape index (κ2) is 10.8. The lowest BCUT2D eigenvalue weighted by molar-refractivity contribution is 0.120. The molecule has 4 heterocycles. The number of piperazine rings is 1. The van der Waals surface area contributed by atoms with Gasteiger partial charge < -0.3 is 4.90 Å². The summed E-state index contributed by atoms with van der Waals surface area (Å²) in [5.41, 5.74) is 5.88. The van der Waals surface area contributed by atoms with Gasteiger partial charge in [0.25, 0.3) is 0 Å². The van der Waals surface area contributed by atoms with Gasteiger partial charge in [-0.25, -0.2) is 14.2 Å². The first kappa shape index (κ1) is 25.4. The van der Waals surface area contributed by atoms with E-state index in [9.17, 15) is 10.1 Å². The molecular weight excluding hydrogens is 528 g/mol. The highest BCUT2D eigenvalue weighted by Gasteiger charge is 2.30. The van der Waals surface area contributed by atoms with Crippen LogP contribution >= 0.6 is 0 Å². The van der Waals surface area contributed by atoms with Gasteiger partial charge in [0.1, 0.15) is 11.0 Å². The number of carbonyl (C=O) groups excluding carboxylic acids is 1. The van der Waals surface area contributed by atoms with Crippen LogP contribution in [0.3, 0.4) is 0 Å². The number of carbonyl (C=O) groups is 1. The summed E-state index contributed by atoms with van der Waals surface area (Å²) in [6.07, 6.45) is 7.39. The largest absolute Gasteiger partial charge is 0.346 e. The monoisotopic (exact) mass is 554 g/mol. The summed E-state index contributed by atoms with van der Waals surface area (Å²) in [5.74, 6) is 0. The Labute approximate surface area is 241 Å². The standard InChI is InChI=1S/C31H26N10O/c32-22-23-3-12-28-29(21-23)41(36-35-28)31(42)38-19-17-37(18-20-38)30(24-4-8-26(9-5-24)39-15-1-13-33-39)25-6-10-27(11-7-25)40-16-2-14-34-40/h1-16,21,30H,17-20H2. The molecule has 1 saturated heterocycles. The molecule has 7 rings (SSSR count). The van der Waals surface area contributed by atoms with Gasteiger partial charge >= 0.3 is 6.03 Å². The minimum Gasteiger partial charge on any atom is -0.320 e. The number of benzene rings is 3. The fourth-order valence-corrected chi connectivity index (χ4v) is 5.51. The Balaban J connectivity index is 1.15. The van der Waals surface area contributed by atoms with Crippen molar-refractivity contribution in [2.45, 2.75) is 6.04 Å². The average molecular weight is 555 g/mol. The lowest BCUT2D eigenvalue weighted by Gasteiger charge is -2.39. The summed E-state index contributed by atoms with van der Waals surface area (Å²) in [5, 5.41) is 26.2. The van der Waals surface area contributed by atoms with E-state index in [0.717, 1.165) is 22.5 Å². The van der Waals surface area contributed by atoms with Gasteiger partial charge in [-0.15, -0.1) is 5.10 Å². The molecular formula is C31H26N10O. The van der Waals surface area contributed by atoms with E-state index in [1.54, 1.807) is 35.5 Å². The molecule has 0 unspecified atom stereocenters. The molecule has 1 aliphatic rings. The Morgan fingerprint density at radius 2 is 1.38 bits per heavy atom. The van der Waals surface area contributed by atoms with Crippen LogP contribution in [0.4, 0.5) is 4.79 Å². The molecule has 0 atom stereocenters. The summed E-state index contributed by atoms with van der Waals surface area (Å²) < 4.78 is 4.98. The van der Waals surface area contributed by atoms with Crippen LogP contribution in [0.5, 0.6) is 0 Å². The number of nitrogens with zero attached hydrogens (tertiary/aromatic N) is 10. The molecule has 0 radical (unpaired) electrons. The van der Waals surface area contributed by atoms with Crippen molar-refractivity contribution in [3.8, 4) is 17.4 Å². The summed E-state index contributed by atoms with van der Waals surface area (Å²) in [6, 6.07) is 27.6. The fraction of sp³-hybridized carbons (Fsp3) is 0.161. The van der Waals surface area contributed by atoms with Gasteiger partial charge in [0.15, 0.2) is 0 Å². The van der Waals surface area contributed by atoms with Crippen molar-refractivity contribution in [3.63, 3.8) is 0 Å². The van der Waals surface area contributed by atoms with Crippen molar-refractivity contribution in [1.29, 1.82) is 5.26 Å². The van der Waals surface area contributed by atoms with Gasteiger partial charge in [-0.3, -0.25) is 4.90 Å². The third-order valence-electron chi connectivity index (χ3n) is 7.66. The number of amides is 1. The van der Waals surface area contributed by atoms with Crippen LogP contribution in [-0.4, -0.2) is 76.6 Å². The van der Waals surface area contributed by atoms with Crippen molar-refractivity contribution >= 4 is 17.1 Å². The lowest BCUT2D eigenvalue weighted by Crippen LogP contribution is -2.51. The predicted molar refractivity (Wildman–Crippen MR) is 155 cm³/mol. The third-order valence-corrected chi connectivity index (χ3v) is 7.66. The first-order valence-electron chi connectivity index (χ1n) is 13.7. The molecule has 6 aromatic rings. The van der Waals surface area contributed by atoms with Crippen molar-refractivity contribution in [1.82, 2.24) is 44.4 Å². The highest BCUT2D eigenvalue weighted by Crippen LogP contribution is 2.31. The van der Waals surface area contributed by atoms with Gasteiger partial charge in [-0.1, -0.05) is 29.5 Å². The average Bonchev–Trinajstić information content (AvgIpc) is 3.84. The SMILES string of the molecule is N#Cc1ccc2nnn(C(=O)N3CCN(C(c4ccc(-n5cccn5)cc4)c4ccc(-n5cccn5)cc4)CC3)c2c1. The Hall–Kier alpha value is -5.60. The maximum absolute atomic E-state index is 13.5. The molecule has 3 aromatic heterocycles. The summed E-state index contributed by atoms with van der Waals surface area (Å²) in [6.45, 7) is 2.42. The van der Waals surface area contributed by atoms with Crippen LogP contribution in [0.25, 0.3) is 22.4 Å². The Kier molecular flexibility index (Phi) is 6.50. The normalized spacial score (nSPS) is 14.0. The summed E-state index contributed by atoms with van der Waals surface area (Å²) in [7, 11) is 0. The van der Waals surface area contributed by atoms with E-state index >= 15 is 0 Å². The third kappa shape index (κ3) is 4.70. The Morgan fingerprint density at radius 1 is 0.786 bits per heavy atom. The van der Waals surface area contributed by atoms with E-state index in [0.29, 0.717) is 42.8 Å². The van der Waals surface area contributed by atoms with Gasteiger partial charge in [-0.05, 0) is 65.7 Å². The zero-order valence-corrected chi connectivity index (χ0v) is 22.6. The molecule has 0 saturated carbocycles. The molecule has 0 bridgehead atoms. The maximum Gasteiger partial charge on any atom is 0.346 e. The molecule has 3 aromatic carbocycles. The van der Waals surface area contributed by atoms with Crippen LogP contribution in [0.15, 0.2) is 104 Å². The Bertz CT molecular complexity index is 1780. The van der Waals surface area contributed by atoms with Gasteiger partial charge in [0, 0.05) is 51.0 Å². The van der Waals surface area contributed by atoms with Crippen LogP contribution in [0, 0.1) is 11.3 Å². The zero-order chi connectivity index (χ0) is 28.5. The second-order valence-electron chi connectivity index (χ2n) is 10.1. The van der Waals surface area contributed by atoms with Gasteiger partial charge in [0.2, 0.25) is 0 Å². The second-order valence-corrected chi connectivity index (χ2v) is 10.1. The quantitative estimate of drug-likeness (QED) is 0.316. The van der Waals surface area contributed by atoms with Crippen molar-refractivity contribution in [2.24, 2.45) is 0 Å². The van der Waals surface area contributed by atoms with E-state index in [1.807, 2.05) is 33.9 Å². The van der Waals surface area contributed by atoms with E-state index < -0.39 is 0 Å². The topological polar surface area (TPSA) is 114 Å². The van der Waals surface area contributed by atoms with E-state index in [2.05, 4.69) is 80.0 Å². The molecule has 42 heavy (non-hydrogen) atoms. The molecule has 11 heteroatoms. The smallest absolute Gasteiger partial charge is 0.320 e. The molecule has 1 fully saturated rings. The van der Waals surface area contributed by atoms with Gasteiger partial charge in [0.05, 0.1) is 29.0 Å². The minimum atomic E-state index is -0.240. The molecule has 206 valence electrons. The van der Waals surface area contributed by atoms with Crippen LogP contribution in [-0.2, 0) is 0 Å². The lowest BCUT2D eigenvalue weighted by atomic mass is 9.96. The maximum atomic E-state index is 13.5. The number of nitriles is 1. The number of hydrogen-bond donors (Lipinski definition) is 0. The van der Waals surface area contributed by atoms with E-state index in [-0.39, 0.29) is 12.1 Å². The van der Waals surface area contributed by atoms with Crippen molar-refractivity contribution < 1.29 is 4.79 Å². The van der Waals surface area contributed by atoms with Crippen LogP contribution in [0.2, 0.25) is 0 Å². The zero-order valence-electron chi connectivity index (χ0n) is 22.6. The molecule has 11 nitrogen and oxygen atoms in total. The number of aromatic nitrogens is 7. The predicted octanol–water partition coefficient (Wildman–Crippen LogP) is 4.05. The van der Waals surface area contributed by atoms with E-state index in [1.165, 1.54) is 4.68 Å². The van der Waals surface area contributed by atoms with Gasteiger partial charge in [-0.2, -0.15) is 20.1 Å². The Morgan fingerprint density at radius 3 is 1.90 bits per heavy atom. The van der Waals surface area contributed by atoms with Crippen molar-refractivity contribution in [3.05, 3.63) is 120 Å².